The number of aryl methyl sites for hydroxylation is 1. The number of anilines is 2. The van der Waals surface area contributed by atoms with Gasteiger partial charge in [-0.2, -0.15) is 0 Å². The zero-order valence-corrected chi connectivity index (χ0v) is 13.3. The van der Waals surface area contributed by atoms with Gasteiger partial charge in [0.1, 0.15) is 12.6 Å². The molecule has 22 heavy (non-hydrogen) atoms. The van der Waals surface area contributed by atoms with Gasteiger partial charge in [0.2, 0.25) is 11.8 Å². The highest BCUT2D eigenvalue weighted by molar-refractivity contribution is 6.07. The van der Waals surface area contributed by atoms with E-state index in [1.165, 1.54) is 0 Å². The minimum Gasteiger partial charge on any atom is -0.383 e. The lowest BCUT2D eigenvalue weighted by Crippen LogP contribution is -2.50. The molecule has 6 nitrogen and oxygen atoms in total. The first kappa shape index (κ1) is 16.3. The molecule has 120 valence electrons. The normalized spacial score (nSPS) is 17.0. The molecular formula is C16H23N3O3. The highest BCUT2D eigenvalue weighted by Gasteiger charge is 2.32. The van der Waals surface area contributed by atoms with E-state index >= 15 is 0 Å². The molecule has 0 saturated heterocycles. The lowest BCUT2D eigenvalue weighted by molar-refractivity contribution is -0.124. The van der Waals surface area contributed by atoms with Crippen LogP contribution in [0, 0.1) is 6.92 Å². The number of benzene rings is 1. The van der Waals surface area contributed by atoms with Crippen molar-refractivity contribution in [2.24, 2.45) is 0 Å². The molecule has 1 atom stereocenters. The third-order valence-electron chi connectivity index (χ3n) is 3.68. The molecule has 2 amide bonds. The fourth-order valence-corrected chi connectivity index (χ4v) is 2.49. The molecule has 0 spiro atoms. The summed E-state index contributed by atoms with van der Waals surface area (Å²) in [6.45, 7) is 4.87. The molecular weight excluding hydrogens is 282 g/mol. The smallest absolute Gasteiger partial charge is 0.250 e. The van der Waals surface area contributed by atoms with Gasteiger partial charge in [-0.05, 0) is 31.0 Å². The molecule has 1 aliphatic heterocycles. The van der Waals surface area contributed by atoms with Gasteiger partial charge in [0.25, 0.3) is 0 Å². The molecule has 0 saturated carbocycles. The first-order chi connectivity index (χ1) is 10.6. The van der Waals surface area contributed by atoms with E-state index in [4.69, 9.17) is 4.74 Å². The molecule has 1 aliphatic rings. The monoisotopic (exact) mass is 305 g/mol. The van der Waals surface area contributed by atoms with Gasteiger partial charge in [-0.25, -0.2) is 0 Å². The second-order valence-corrected chi connectivity index (χ2v) is 5.39. The third-order valence-corrected chi connectivity index (χ3v) is 3.68. The van der Waals surface area contributed by atoms with Crippen molar-refractivity contribution < 1.29 is 14.3 Å². The number of nitrogens with zero attached hydrogens (tertiary/aromatic N) is 1. The summed E-state index contributed by atoms with van der Waals surface area (Å²) in [4.78, 5) is 26.1. The molecule has 0 bridgehead atoms. The number of amides is 2. The Hall–Kier alpha value is -2.08. The molecule has 0 fully saturated rings. The minimum absolute atomic E-state index is 0.0246. The van der Waals surface area contributed by atoms with E-state index in [1.54, 1.807) is 12.0 Å². The van der Waals surface area contributed by atoms with Gasteiger partial charge < -0.3 is 15.4 Å². The fraction of sp³-hybridized carbons (Fsp3) is 0.500. The predicted molar refractivity (Wildman–Crippen MR) is 86.1 cm³/mol. The van der Waals surface area contributed by atoms with Crippen LogP contribution in [0.15, 0.2) is 18.2 Å². The number of carbonyl (C=O) groups is 2. The average Bonchev–Trinajstić information content (AvgIpc) is 2.50. The second kappa shape index (κ2) is 7.26. The number of hydrogen-bond donors (Lipinski definition) is 2. The molecule has 0 radical (unpaired) electrons. The summed E-state index contributed by atoms with van der Waals surface area (Å²) in [5, 5.41) is 6.00. The van der Waals surface area contributed by atoms with E-state index in [9.17, 15) is 9.59 Å². The van der Waals surface area contributed by atoms with Crippen molar-refractivity contribution in [2.45, 2.75) is 26.3 Å². The number of fused-ring (bicyclic) bond motifs is 1. The van der Waals surface area contributed by atoms with Gasteiger partial charge in [-0.3, -0.25) is 14.5 Å². The number of rotatable bonds is 6. The number of carbonyl (C=O) groups excluding carboxylic acids is 2. The first-order valence-electron chi connectivity index (χ1n) is 7.51. The minimum atomic E-state index is -0.291. The van der Waals surface area contributed by atoms with Crippen LogP contribution in [-0.4, -0.2) is 44.7 Å². The lowest BCUT2D eigenvalue weighted by atomic mass is 10.1. The van der Waals surface area contributed by atoms with Crippen LogP contribution in [-0.2, 0) is 14.3 Å². The summed E-state index contributed by atoms with van der Waals surface area (Å²) in [5.74, 6) is -0.255. The van der Waals surface area contributed by atoms with Crippen molar-refractivity contribution >= 4 is 23.2 Å². The maximum Gasteiger partial charge on any atom is 0.250 e. The van der Waals surface area contributed by atoms with Crippen molar-refractivity contribution in [3.8, 4) is 0 Å². The molecule has 2 rings (SSSR count). The van der Waals surface area contributed by atoms with Crippen LogP contribution in [0.3, 0.4) is 0 Å². The Labute approximate surface area is 130 Å². The van der Waals surface area contributed by atoms with E-state index in [-0.39, 0.29) is 24.4 Å². The Morgan fingerprint density at radius 3 is 2.91 bits per heavy atom. The summed E-state index contributed by atoms with van der Waals surface area (Å²) in [6, 6.07) is 5.53. The van der Waals surface area contributed by atoms with E-state index in [1.807, 2.05) is 32.0 Å². The second-order valence-electron chi connectivity index (χ2n) is 5.39. The van der Waals surface area contributed by atoms with Crippen LogP contribution < -0.4 is 15.5 Å². The predicted octanol–water partition coefficient (Wildman–Crippen LogP) is 1.29. The van der Waals surface area contributed by atoms with Crippen molar-refractivity contribution in [1.29, 1.82) is 0 Å². The van der Waals surface area contributed by atoms with Gasteiger partial charge in [0.05, 0.1) is 18.0 Å². The molecule has 1 aromatic rings. The Balaban J connectivity index is 2.17. The molecule has 1 aromatic carbocycles. The summed E-state index contributed by atoms with van der Waals surface area (Å²) in [7, 11) is 1.58. The summed E-state index contributed by atoms with van der Waals surface area (Å²) < 4.78 is 4.90. The van der Waals surface area contributed by atoms with Gasteiger partial charge in [-0.15, -0.1) is 0 Å². The SMILES string of the molecule is CCC1Nc2cc(C)ccc2N(CC(=O)NCCOC)C1=O. The van der Waals surface area contributed by atoms with Crippen molar-refractivity contribution in [3.63, 3.8) is 0 Å². The third kappa shape index (κ3) is 3.57. The molecule has 6 heteroatoms. The van der Waals surface area contributed by atoms with Gasteiger partial charge in [-0.1, -0.05) is 13.0 Å². The summed E-state index contributed by atoms with van der Waals surface area (Å²) in [5.41, 5.74) is 2.76. The van der Waals surface area contributed by atoms with E-state index in [0.29, 0.717) is 19.6 Å². The van der Waals surface area contributed by atoms with Crippen molar-refractivity contribution in [1.82, 2.24) is 5.32 Å². The van der Waals surface area contributed by atoms with Crippen LogP contribution >= 0.6 is 0 Å². The molecule has 0 aromatic heterocycles. The Morgan fingerprint density at radius 2 is 2.23 bits per heavy atom. The highest BCUT2D eigenvalue weighted by Crippen LogP contribution is 2.32. The Morgan fingerprint density at radius 1 is 1.45 bits per heavy atom. The molecule has 0 aliphatic carbocycles. The van der Waals surface area contributed by atoms with Gasteiger partial charge in [0, 0.05) is 13.7 Å². The maximum atomic E-state index is 12.5. The molecule has 2 N–H and O–H groups in total. The van der Waals surface area contributed by atoms with E-state index in [2.05, 4.69) is 10.6 Å². The van der Waals surface area contributed by atoms with Gasteiger partial charge >= 0.3 is 0 Å². The van der Waals surface area contributed by atoms with E-state index in [0.717, 1.165) is 16.9 Å². The Bertz CT molecular complexity index is 560. The number of hydrogen-bond acceptors (Lipinski definition) is 4. The molecule has 1 heterocycles. The average molecular weight is 305 g/mol. The lowest BCUT2D eigenvalue weighted by Gasteiger charge is -2.34. The largest absolute Gasteiger partial charge is 0.383 e. The fourth-order valence-electron chi connectivity index (χ4n) is 2.49. The van der Waals surface area contributed by atoms with Crippen LogP contribution in [0.2, 0.25) is 0 Å². The Kier molecular flexibility index (Phi) is 5.38. The maximum absolute atomic E-state index is 12.5. The summed E-state index contributed by atoms with van der Waals surface area (Å²) in [6.07, 6.45) is 0.675. The van der Waals surface area contributed by atoms with Gasteiger partial charge in [0.15, 0.2) is 0 Å². The van der Waals surface area contributed by atoms with E-state index < -0.39 is 0 Å². The molecule has 1 unspecified atom stereocenters. The zero-order valence-electron chi connectivity index (χ0n) is 13.3. The quantitative estimate of drug-likeness (QED) is 0.777. The van der Waals surface area contributed by atoms with Crippen molar-refractivity contribution in [2.75, 3.05) is 37.0 Å². The van der Waals surface area contributed by atoms with Crippen LogP contribution in [0.5, 0.6) is 0 Å². The first-order valence-corrected chi connectivity index (χ1v) is 7.51. The number of methoxy groups -OCH3 is 1. The van der Waals surface area contributed by atoms with Crippen molar-refractivity contribution in [3.05, 3.63) is 23.8 Å². The standard InChI is InChI=1S/C16H23N3O3/c1-4-12-16(21)19(10-15(20)17-7-8-22-3)14-6-5-11(2)9-13(14)18-12/h5-6,9,12,18H,4,7-8,10H2,1-3H3,(H,17,20). The highest BCUT2D eigenvalue weighted by atomic mass is 16.5. The number of ether oxygens (including phenoxy) is 1. The topological polar surface area (TPSA) is 70.7 Å². The zero-order chi connectivity index (χ0) is 16.1. The van der Waals surface area contributed by atoms with Crippen LogP contribution in [0.1, 0.15) is 18.9 Å². The number of nitrogens with one attached hydrogen (secondary N) is 2. The van der Waals surface area contributed by atoms with Crippen LogP contribution in [0.4, 0.5) is 11.4 Å². The van der Waals surface area contributed by atoms with Crippen LogP contribution in [0.25, 0.3) is 0 Å². The summed E-state index contributed by atoms with van der Waals surface area (Å²) >= 11 is 0.